The summed E-state index contributed by atoms with van der Waals surface area (Å²) in [7, 11) is 0. The Morgan fingerprint density at radius 3 is 2.62 bits per heavy atom. The lowest BCUT2D eigenvalue weighted by Crippen LogP contribution is -2.05. The summed E-state index contributed by atoms with van der Waals surface area (Å²) in [6.45, 7) is 2.54. The van der Waals surface area contributed by atoms with Gasteiger partial charge in [0, 0.05) is 42.3 Å². The van der Waals surface area contributed by atoms with Crippen LogP contribution in [0.2, 0.25) is 0 Å². The summed E-state index contributed by atoms with van der Waals surface area (Å²) < 4.78 is 13.5. The summed E-state index contributed by atoms with van der Waals surface area (Å²) >= 11 is 0. The maximum Gasteiger partial charge on any atom is 0.306 e. The monoisotopic (exact) mass is 354 g/mol. The van der Waals surface area contributed by atoms with E-state index in [1.165, 1.54) is 6.07 Å². The molecule has 0 aliphatic heterocycles. The summed E-state index contributed by atoms with van der Waals surface area (Å²) in [6.07, 6.45) is 3.31. The fourth-order valence-electron chi connectivity index (χ4n) is 2.30. The first kappa shape index (κ1) is 17.2. The molecule has 0 radical (unpaired) electrons. The van der Waals surface area contributed by atoms with Gasteiger partial charge in [-0.15, -0.1) is 0 Å². The molecule has 0 bridgehead atoms. The van der Waals surface area contributed by atoms with E-state index in [9.17, 15) is 14.5 Å². The molecule has 0 aliphatic rings. The SMILES string of the molecule is CCNc1nc(Nc2ccc(F)c([N+](=O)[O-])c2)cc(-c2ccncc2)n1. The Hall–Kier alpha value is -3.62. The summed E-state index contributed by atoms with van der Waals surface area (Å²) in [5, 5.41) is 16.9. The van der Waals surface area contributed by atoms with E-state index < -0.39 is 16.4 Å². The van der Waals surface area contributed by atoms with Crippen LogP contribution in [-0.2, 0) is 0 Å². The van der Waals surface area contributed by atoms with Crippen LogP contribution >= 0.6 is 0 Å². The van der Waals surface area contributed by atoms with Gasteiger partial charge < -0.3 is 10.6 Å². The van der Waals surface area contributed by atoms with Crippen LogP contribution in [0.1, 0.15) is 6.92 Å². The Bertz CT molecular complexity index is 936. The van der Waals surface area contributed by atoms with Gasteiger partial charge in [0.25, 0.3) is 0 Å². The summed E-state index contributed by atoms with van der Waals surface area (Å²) in [4.78, 5) is 22.9. The molecule has 26 heavy (non-hydrogen) atoms. The van der Waals surface area contributed by atoms with Crippen LogP contribution in [0.5, 0.6) is 0 Å². The topological polar surface area (TPSA) is 106 Å². The number of hydrogen-bond acceptors (Lipinski definition) is 7. The van der Waals surface area contributed by atoms with Crippen LogP contribution < -0.4 is 10.6 Å². The highest BCUT2D eigenvalue weighted by molar-refractivity contribution is 5.68. The van der Waals surface area contributed by atoms with Gasteiger partial charge in [-0.05, 0) is 31.2 Å². The minimum Gasteiger partial charge on any atom is -0.354 e. The van der Waals surface area contributed by atoms with Crippen LogP contribution in [0.4, 0.5) is 27.5 Å². The van der Waals surface area contributed by atoms with Gasteiger partial charge in [-0.2, -0.15) is 9.37 Å². The summed E-state index contributed by atoms with van der Waals surface area (Å²) in [6, 6.07) is 8.89. The van der Waals surface area contributed by atoms with E-state index in [1.807, 2.05) is 19.1 Å². The number of nitrogens with zero attached hydrogens (tertiary/aromatic N) is 4. The van der Waals surface area contributed by atoms with E-state index in [2.05, 4.69) is 25.6 Å². The van der Waals surface area contributed by atoms with Gasteiger partial charge in [-0.1, -0.05) is 0 Å². The van der Waals surface area contributed by atoms with Crippen LogP contribution in [0.3, 0.4) is 0 Å². The molecular formula is C17H15FN6O2. The third-order valence-electron chi connectivity index (χ3n) is 3.45. The molecule has 0 saturated heterocycles. The van der Waals surface area contributed by atoms with E-state index in [4.69, 9.17) is 0 Å². The first-order valence-corrected chi connectivity index (χ1v) is 7.81. The molecule has 3 rings (SSSR count). The average molecular weight is 354 g/mol. The molecule has 0 aliphatic carbocycles. The summed E-state index contributed by atoms with van der Waals surface area (Å²) in [5.74, 6) is -0.0707. The molecule has 1 aromatic carbocycles. The molecule has 0 fully saturated rings. The molecule has 9 heteroatoms. The second kappa shape index (κ2) is 7.51. The number of nitrogens with one attached hydrogen (secondary N) is 2. The zero-order valence-electron chi connectivity index (χ0n) is 13.8. The predicted molar refractivity (Wildman–Crippen MR) is 95.8 cm³/mol. The molecule has 2 heterocycles. The molecule has 3 aromatic rings. The Morgan fingerprint density at radius 1 is 1.15 bits per heavy atom. The number of pyridine rings is 1. The maximum absolute atomic E-state index is 13.5. The van der Waals surface area contributed by atoms with Gasteiger partial charge in [-0.25, -0.2) is 4.98 Å². The van der Waals surface area contributed by atoms with E-state index in [-0.39, 0.29) is 0 Å². The minimum absolute atomic E-state index is 0.347. The van der Waals surface area contributed by atoms with Gasteiger partial charge in [0.05, 0.1) is 10.6 Å². The molecule has 0 spiro atoms. The zero-order valence-corrected chi connectivity index (χ0v) is 13.8. The minimum atomic E-state index is -0.894. The quantitative estimate of drug-likeness (QED) is 0.513. The van der Waals surface area contributed by atoms with Crippen molar-refractivity contribution >= 4 is 23.1 Å². The fraction of sp³-hybridized carbons (Fsp3) is 0.118. The van der Waals surface area contributed by atoms with Gasteiger partial charge in [0.15, 0.2) is 0 Å². The smallest absolute Gasteiger partial charge is 0.306 e. The third kappa shape index (κ3) is 3.89. The van der Waals surface area contributed by atoms with Gasteiger partial charge in [0.1, 0.15) is 5.82 Å². The molecule has 2 N–H and O–H groups in total. The van der Waals surface area contributed by atoms with E-state index in [0.717, 1.165) is 17.7 Å². The number of hydrogen-bond donors (Lipinski definition) is 2. The van der Waals surface area contributed by atoms with E-state index in [1.54, 1.807) is 18.5 Å². The van der Waals surface area contributed by atoms with Crippen LogP contribution in [0.15, 0.2) is 48.8 Å². The fourth-order valence-corrected chi connectivity index (χ4v) is 2.30. The predicted octanol–water partition coefficient (Wildman–Crippen LogP) is 3.76. The molecular weight excluding hydrogens is 339 g/mol. The molecule has 8 nitrogen and oxygen atoms in total. The largest absolute Gasteiger partial charge is 0.354 e. The zero-order chi connectivity index (χ0) is 18.5. The number of nitro benzene ring substituents is 1. The Morgan fingerprint density at radius 2 is 1.92 bits per heavy atom. The lowest BCUT2D eigenvalue weighted by atomic mass is 10.2. The van der Waals surface area contributed by atoms with Gasteiger partial charge in [0.2, 0.25) is 11.8 Å². The highest BCUT2D eigenvalue weighted by atomic mass is 19.1. The van der Waals surface area contributed by atoms with E-state index >= 15 is 0 Å². The Balaban J connectivity index is 1.98. The number of nitro groups is 1. The van der Waals surface area contributed by atoms with Crippen molar-refractivity contribution in [3.05, 3.63) is 64.7 Å². The van der Waals surface area contributed by atoms with Crippen molar-refractivity contribution in [1.82, 2.24) is 15.0 Å². The summed E-state index contributed by atoms with van der Waals surface area (Å²) in [5.41, 5.74) is 1.23. The highest BCUT2D eigenvalue weighted by Crippen LogP contribution is 2.26. The molecule has 0 atom stereocenters. The van der Waals surface area contributed by atoms with Crippen molar-refractivity contribution in [2.45, 2.75) is 6.92 Å². The normalized spacial score (nSPS) is 10.4. The maximum atomic E-state index is 13.5. The molecule has 2 aromatic heterocycles. The average Bonchev–Trinajstić information content (AvgIpc) is 2.64. The first-order chi connectivity index (χ1) is 12.6. The second-order valence-electron chi connectivity index (χ2n) is 5.28. The van der Waals surface area contributed by atoms with Crippen molar-refractivity contribution in [3.63, 3.8) is 0 Å². The first-order valence-electron chi connectivity index (χ1n) is 7.81. The highest BCUT2D eigenvalue weighted by Gasteiger charge is 2.15. The standard InChI is InChI=1S/C17H15FN6O2/c1-2-20-17-22-14(11-5-7-19-8-6-11)10-16(23-17)21-12-3-4-13(18)15(9-12)24(25)26/h3-10H,2H2,1H3,(H2,20,21,22,23). The molecule has 132 valence electrons. The number of rotatable bonds is 6. The number of benzene rings is 1. The van der Waals surface area contributed by atoms with Gasteiger partial charge in [-0.3, -0.25) is 15.1 Å². The van der Waals surface area contributed by atoms with Crippen molar-refractivity contribution in [2.24, 2.45) is 0 Å². The molecule has 0 amide bonds. The van der Waals surface area contributed by atoms with Gasteiger partial charge >= 0.3 is 5.69 Å². The van der Waals surface area contributed by atoms with Crippen molar-refractivity contribution in [1.29, 1.82) is 0 Å². The lowest BCUT2D eigenvalue weighted by molar-refractivity contribution is -0.387. The van der Waals surface area contributed by atoms with Crippen LogP contribution in [0, 0.1) is 15.9 Å². The number of aromatic nitrogens is 3. The second-order valence-corrected chi connectivity index (χ2v) is 5.28. The van der Waals surface area contributed by atoms with Crippen LogP contribution in [0.25, 0.3) is 11.3 Å². The van der Waals surface area contributed by atoms with Crippen LogP contribution in [-0.4, -0.2) is 26.4 Å². The third-order valence-corrected chi connectivity index (χ3v) is 3.45. The molecule has 0 unspecified atom stereocenters. The molecule has 0 saturated carbocycles. The van der Waals surface area contributed by atoms with Crippen molar-refractivity contribution in [2.75, 3.05) is 17.2 Å². The Kier molecular flexibility index (Phi) is 4.97. The van der Waals surface area contributed by atoms with Crippen molar-refractivity contribution < 1.29 is 9.31 Å². The Labute approximate surface area is 148 Å². The lowest BCUT2D eigenvalue weighted by Gasteiger charge is -2.11. The number of halogens is 1. The van der Waals surface area contributed by atoms with E-state index in [0.29, 0.717) is 29.7 Å². The van der Waals surface area contributed by atoms with Crippen molar-refractivity contribution in [3.8, 4) is 11.3 Å². The number of anilines is 3.